The van der Waals surface area contributed by atoms with Gasteiger partial charge in [-0.05, 0) is 26.3 Å². The zero-order chi connectivity index (χ0) is 17.8. The Morgan fingerprint density at radius 3 is 2.52 bits per heavy atom. The quantitative estimate of drug-likeness (QED) is 0.304. The maximum atomic E-state index is 11.7. The number of amides is 1. The maximum Gasteiger partial charge on any atom is 0.330 e. The molecule has 1 unspecified atom stereocenters. The molecule has 0 aromatic carbocycles. The van der Waals surface area contributed by atoms with Gasteiger partial charge in [-0.2, -0.15) is 11.8 Å². The van der Waals surface area contributed by atoms with Crippen molar-refractivity contribution >= 4 is 35.8 Å². The Balaban J connectivity index is 4.34. The summed E-state index contributed by atoms with van der Waals surface area (Å²) >= 11 is 1.34. The van der Waals surface area contributed by atoms with Gasteiger partial charge in [-0.3, -0.25) is 9.79 Å². The molecule has 0 saturated carbocycles. The van der Waals surface area contributed by atoms with Crippen LogP contribution in [0.4, 0.5) is 0 Å². The van der Waals surface area contributed by atoms with Crippen LogP contribution in [0.15, 0.2) is 4.99 Å². The molecule has 0 aromatic heterocycles. The van der Waals surface area contributed by atoms with Crippen LogP contribution in [0, 0.1) is 0 Å². The topological polar surface area (TPSA) is 108 Å². The minimum Gasteiger partial charge on any atom is -0.480 e. The molecule has 0 spiro atoms. The molecule has 0 aliphatic rings. The number of aliphatic carboxylic acids is 1. The Kier molecular flexibility index (Phi) is 11.1. The van der Waals surface area contributed by atoms with E-state index in [2.05, 4.69) is 10.3 Å². The number of carboxylic acid groups (broad SMARTS) is 1. The molecule has 0 aliphatic carbocycles. The van der Waals surface area contributed by atoms with Gasteiger partial charge in [0.1, 0.15) is 12.1 Å². The van der Waals surface area contributed by atoms with Gasteiger partial charge in [-0.15, -0.1) is 0 Å². The Morgan fingerprint density at radius 1 is 1.39 bits per heavy atom. The summed E-state index contributed by atoms with van der Waals surface area (Å²) in [6, 6.07) is -1.54. The first-order valence-electron chi connectivity index (χ1n) is 7.09. The van der Waals surface area contributed by atoms with Crippen molar-refractivity contribution in [3.05, 3.63) is 0 Å². The number of nitrogens with one attached hydrogen (secondary N) is 1. The Morgan fingerprint density at radius 2 is 2.04 bits per heavy atom. The van der Waals surface area contributed by atoms with E-state index in [9.17, 15) is 14.4 Å². The van der Waals surface area contributed by atoms with Crippen LogP contribution in [0.3, 0.4) is 0 Å². The minimum absolute atomic E-state index is 0.226. The number of carbonyl (C=O) groups excluding carboxylic acids is 2. The SMILES string of the molecule is COC(=O)C(CCSC[C@@H](NC(C)=O)C(=O)O)N=CCN(C)C. The molecule has 0 fully saturated rings. The number of thioether (sulfide) groups is 1. The number of rotatable bonds is 11. The predicted octanol–water partition coefficient (Wildman–Crippen LogP) is -0.127. The monoisotopic (exact) mass is 347 g/mol. The number of hydrogen-bond donors (Lipinski definition) is 2. The second-order valence-electron chi connectivity index (χ2n) is 5.09. The van der Waals surface area contributed by atoms with Crippen LogP contribution in [0.25, 0.3) is 0 Å². The molecule has 0 saturated heterocycles. The number of nitrogens with zero attached hydrogens (tertiary/aromatic N) is 2. The highest BCUT2D eigenvalue weighted by Gasteiger charge is 2.20. The van der Waals surface area contributed by atoms with Crippen LogP contribution in [0.5, 0.6) is 0 Å². The third-order valence-electron chi connectivity index (χ3n) is 2.70. The van der Waals surface area contributed by atoms with Crippen LogP contribution in [-0.4, -0.2) is 85.4 Å². The normalized spacial score (nSPS) is 13.8. The van der Waals surface area contributed by atoms with Gasteiger partial charge in [0.05, 0.1) is 7.11 Å². The van der Waals surface area contributed by atoms with E-state index in [1.807, 2.05) is 19.0 Å². The Labute approximate surface area is 140 Å². The highest BCUT2D eigenvalue weighted by molar-refractivity contribution is 7.99. The molecular formula is C14H25N3O5S. The first kappa shape index (κ1) is 21.4. The number of esters is 1. The number of hydrogen-bond acceptors (Lipinski definition) is 7. The lowest BCUT2D eigenvalue weighted by Gasteiger charge is -2.14. The highest BCUT2D eigenvalue weighted by Crippen LogP contribution is 2.10. The van der Waals surface area contributed by atoms with Crippen molar-refractivity contribution in [2.24, 2.45) is 4.99 Å². The molecule has 8 nitrogen and oxygen atoms in total. The van der Waals surface area contributed by atoms with Crippen LogP contribution in [-0.2, 0) is 19.1 Å². The zero-order valence-corrected chi connectivity index (χ0v) is 14.8. The number of ether oxygens (including phenoxy) is 1. The molecule has 0 radical (unpaired) electrons. The molecule has 0 aliphatic heterocycles. The average Bonchev–Trinajstić information content (AvgIpc) is 2.46. The molecule has 0 heterocycles. The van der Waals surface area contributed by atoms with Crippen LogP contribution < -0.4 is 5.32 Å². The first-order chi connectivity index (χ1) is 10.8. The molecule has 132 valence electrons. The summed E-state index contributed by atoms with van der Waals surface area (Å²) in [5.74, 6) is -1.13. The Hall–Kier alpha value is -1.61. The molecule has 2 N–H and O–H groups in total. The van der Waals surface area contributed by atoms with Gasteiger partial charge in [0, 0.05) is 25.4 Å². The van der Waals surface area contributed by atoms with E-state index in [1.54, 1.807) is 6.21 Å². The largest absolute Gasteiger partial charge is 0.480 e. The van der Waals surface area contributed by atoms with E-state index >= 15 is 0 Å². The fourth-order valence-electron chi connectivity index (χ4n) is 1.54. The Bertz CT molecular complexity index is 429. The third-order valence-corrected chi connectivity index (χ3v) is 3.79. The van der Waals surface area contributed by atoms with E-state index in [-0.39, 0.29) is 5.75 Å². The number of carboxylic acids is 1. The standard InChI is InChI=1S/C14H25N3O5S/c1-10(18)16-12(13(19)20)9-23-8-5-11(14(21)22-4)15-6-7-17(2)3/h6,11-12H,5,7-9H2,1-4H3,(H,16,18)(H,19,20)/t11?,12-/m1/s1. The molecule has 1 amide bonds. The van der Waals surface area contributed by atoms with Gasteiger partial charge < -0.3 is 20.1 Å². The fourth-order valence-corrected chi connectivity index (χ4v) is 2.56. The minimum atomic E-state index is -1.08. The van der Waals surface area contributed by atoms with Crippen LogP contribution in [0.2, 0.25) is 0 Å². The summed E-state index contributed by atoms with van der Waals surface area (Å²) < 4.78 is 4.71. The fraction of sp³-hybridized carbons (Fsp3) is 0.714. The second-order valence-corrected chi connectivity index (χ2v) is 6.24. The van der Waals surface area contributed by atoms with Gasteiger partial charge in [0.15, 0.2) is 0 Å². The second kappa shape index (κ2) is 11.9. The first-order valence-corrected chi connectivity index (χ1v) is 8.25. The van der Waals surface area contributed by atoms with Crippen molar-refractivity contribution in [2.75, 3.05) is 39.3 Å². The molecule has 0 bridgehead atoms. The van der Waals surface area contributed by atoms with Crippen molar-refractivity contribution in [1.82, 2.24) is 10.2 Å². The summed E-state index contributed by atoms with van der Waals surface area (Å²) in [5, 5.41) is 11.4. The highest BCUT2D eigenvalue weighted by atomic mass is 32.2. The summed E-state index contributed by atoms with van der Waals surface area (Å²) in [7, 11) is 5.09. The van der Waals surface area contributed by atoms with E-state index < -0.39 is 29.9 Å². The van der Waals surface area contributed by atoms with Crippen molar-refractivity contribution in [1.29, 1.82) is 0 Å². The van der Waals surface area contributed by atoms with E-state index in [1.165, 1.54) is 25.8 Å². The van der Waals surface area contributed by atoms with Gasteiger partial charge in [-0.25, -0.2) is 9.59 Å². The summed E-state index contributed by atoms with van der Waals surface area (Å²) in [4.78, 5) is 39.7. The van der Waals surface area contributed by atoms with E-state index in [4.69, 9.17) is 9.84 Å². The number of carbonyl (C=O) groups is 3. The molecule has 9 heteroatoms. The molecule has 0 aromatic rings. The maximum absolute atomic E-state index is 11.7. The smallest absolute Gasteiger partial charge is 0.330 e. The molecule has 0 rings (SSSR count). The summed E-state index contributed by atoms with van der Waals surface area (Å²) in [6.07, 6.45) is 2.09. The van der Waals surface area contributed by atoms with Gasteiger partial charge in [-0.1, -0.05) is 0 Å². The summed E-state index contributed by atoms with van der Waals surface area (Å²) in [6.45, 7) is 1.89. The van der Waals surface area contributed by atoms with E-state index in [0.29, 0.717) is 18.7 Å². The molecule has 23 heavy (non-hydrogen) atoms. The number of aliphatic imine (C=N–C) groups is 1. The van der Waals surface area contributed by atoms with Gasteiger partial charge in [0.25, 0.3) is 0 Å². The van der Waals surface area contributed by atoms with Crippen LogP contribution in [0.1, 0.15) is 13.3 Å². The van der Waals surface area contributed by atoms with Crippen molar-refractivity contribution < 1.29 is 24.2 Å². The van der Waals surface area contributed by atoms with Crippen molar-refractivity contribution in [3.8, 4) is 0 Å². The lowest BCUT2D eigenvalue weighted by Crippen LogP contribution is -2.41. The van der Waals surface area contributed by atoms with E-state index in [0.717, 1.165) is 0 Å². The molecular weight excluding hydrogens is 322 g/mol. The third kappa shape index (κ3) is 10.7. The van der Waals surface area contributed by atoms with Gasteiger partial charge in [0.2, 0.25) is 5.91 Å². The zero-order valence-electron chi connectivity index (χ0n) is 13.9. The molecule has 2 atom stereocenters. The summed E-state index contributed by atoms with van der Waals surface area (Å²) in [5.41, 5.74) is 0. The van der Waals surface area contributed by atoms with Crippen molar-refractivity contribution in [2.45, 2.75) is 25.4 Å². The van der Waals surface area contributed by atoms with Crippen LogP contribution >= 0.6 is 11.8 Å². The number of methoxy groups -OCH3 is 1. The predicted molar refractivity (Wildman–Crippen MR) is 90.0 cm³/mol. The van der Waals surface area contributed by atoms with Gasteiger partial charge >= 0.3 is 11.9 Å². The average molecular weight is 347 g/mol. The lowest BCUT2D eigenvalue weighted by molar-refractivity contribution is -0.142. The lowest BCUT2D eigenvalue weighted by atomic mass is 10.2. The van der Waals surface area contributed by atoms with Crippen molar-refractivity contribution in [3.63, 3.8) is 0 Å².